The van der Waals surface area contributed by atoms with Crippen LogP contribution in [0.4, 0.5) is 17.1 Å². The lowest BCUT2D eigenvalue weighted by Crippen LogP contribution is -2.25. The van der Waals surface area contributed by atoms with Gasteiger partial charge in [0.2, 0.25) is 0 Å². The summed E-state index contributed by atoms with van der Waals surface area (Å²) in [7, 11) is 3.44. The van der Waals surface area contributed by atoms with Gasteiger partial charge in [-0.05, 0) is 19.1 Å². The Morgan fingerprint density at radius 2 is 2.05 bits per heavy atom. The third-order valence-corrected chi connectivity index (χ3v) is 2.98. The van der Waals surface area contributed by atoms with Gasteiger partial charge in [-0.25, -0.2) is 0 Å². The molecule has 106 valence electrons. The highest BCUT2D eigenvalue weighted by Gasteiger charge is 2.20. The zero-order chi connectivity index (χ0) is 14.7. The molecule has 2 rings (SSSR count). The summed E-state index contributed by atoms with van der Waals surface area (Å²) in [5.74, 6) is -0.0960. The van der Waals surface area contributed by atoms with Gasteiger partial charge in [0.25, 0.3) is 5.91 Å². The fourth-order valence-electron chi connectivity index (χ4n) is 1.91. The Labute approximate surface area is 118 Å². The van der Waals surface area contributed by atoms with Crippen LogP contribution in [-0.2, 0) is 6.54 Å². The predicted octanol–water partition coefficient (Wildman–Crippen LogP) is 1.93. The van der Waals surface area contributed by atoms with Crippen molar-refractivity contribution < 1.29 is 4.79 Å². The van der Waals surface area contributed by atoms with Gasteiger partial charge in [0, 0.05) is 20.6 Å². The minimum atomic E-state index is -0.0960. The van der Waals surface area contributed by atoms with E-state index < -0.39 is 0 Å². The average molecular weight is 273 g/mol. The first-order valence-corrected chi connectivity index (χ1v) is 6.43. The highest BCUT2D eigenvalue weighted by Crippen LogP contribution is 2.25. The predicted molar refractivity (Wildman–Crippen MR) is 80.1 cm³/mol. The fourth-order valence-corrected chi connectivity index (χ4v) is 1.91. The lowest BCUT2D eigenvalue weighted by Gasteiger charge is -2.14. The van der Waals surface area contributed by atoms with Crippen LogP contribution in [0.1, 0.15) is 17.4 Å². The summed E-state index contributed by atoms with van der Waals surface area (Å²) >= 11 is 0. The lowest BCUT2D eigenvalue weighted by molar-refractivity contribution is 0.0816. The third kappa shape index (κ3) is 2.59. The number of aryl methyl sites for hydroxylation is 1. The molecule has 0 saturated carbocycles. The Hall–Kier alpha value is -2.50. The van der Waals surface area contributed by atoms with Gasteiger partial charge >= 0.3 is 0 Å². The van der Waals surface area contributed by atoms with Crippen molar-refractivity contribution in [1.29, 1.82) is 0 Å². The third-order valence-electron chi connectivity index (χ3n) is 2.98. The standard InChI is InChI=1S/C14H19N5O/c1-4-19-13(14(20)18(2)3)12(9-16-19)17-11-8-6-5-7-10(11)15/h5-9,17H,4,15H2,1-3H3. The SMILES string of the molecule is CCn1ncc(Nc2ccccc2N)c1C(=O)N(C)C. The Morgan fingerprint density at radius 1 is 1.35 bits per heavy atom. The first-order chi connectivity index (χ1) is 9.54. The van der Waals surface area contributed by atoms with Crippen molar-refractivity contribution in [1.82, 2.24) is 14.7 Å². The van der Waals surface area contributed by atoms with Gasteiger partial charge < -0.3 is 16.0 Å². The molecular formula is C14H19N5O. The maximum atomic E-state index is 12.3. The first kappa shape index (κ1) is 13.9. The van der Waals surface area contributed by atoms with Crippen molar-refractivity contribution in [3.8, 4) is 0 Å². The maximum absolute atomic E-state index is 12.3. The Bertz CT molecular complexity index is 618. The Balaban J connectivity index is 2.40. The summed E-state index contributed by atoms with van der Waals surface area (Å²) in [6, 6.07) is 7.42. The number of aromatic nitrogens is 2. The molecule has 2 aromatic rings. The molecule has 20 heavy (non-hydrogen) atoms. The molecule has 0 saturated heterocycles. The number of carbonyl (C=O) groups is 1. The zero-order valence-electron chi connectivity index (χ0n) is 11.9. The van der Waals surface area contributed by atoms with E-state index in [1.54, 1.807) is 31.0 Å². The van der Waals surface area contributed by atoms with Crippen molar-refractivity contribution in [3.05, 3.63) is 36.2 Å². The summed E-state index contributed by atoms with van der Waals surface area (Å²) in [6.07, 6.45) is 1.65. The lowest BCUT2D eigenvalue weighted by atomic mass is 10.2. The van der Waals surface area contributed by atoms with E-state index in [1.807, 2.05) is 25.1 Å². The molecule has 0 bridgehead atoms. The van der Waals surface area contributed by atoms with Gasteiger partial charge in [-0.1, -0.05) is 12.1 Å². The Morgan fingerprint density at radius 3 is 2.65 bits per heavy atom. The zero-order valence-corrected chi connectivity index (χ0v) is 11.9. The minimum Gasteiger partial charge on any atom is -0.397 e. The topological polar surface area (TPSA) is 76.2 Å². The molecule has 1 amide bonds. The maximum Gasteiger partial charge on any atom is 0.273 e. The normalized spacial score (nSPS) is 10.3. The molecule has 6 nitrogen and oxygen atoms in total. The number of nitrogens with two attached hydrogens (primary N) is 1. The van der Waals surface area contributed by atoms with E-state index in [2.05, 4.69) is 10.4 Å². The van der Waals surface area contributed by atoms with Crippen molar-refractivity contribution >= 4 is 23.0 Å². The molecule has 6 heteroatoms. The van der Waals surface area contributed by atoms with Crippen LogP contribution in [0.5, 0.6) is 0 Å². The van der Waals surface area contributed by atoms with Crippen LogP contribution in [-0.4, -0.2) is 34.7 Å². The van der Waals surface area contributed by atoms with E-state index in [9.17, 15) is 4.79 Å². The number of benzene rings is 1. The number of hydrogen-bond donors (Lipinski definition) is 2. The van der Waals surface area contributed by atoms with E-state index >= 15 is 0 Å². The molecule has 0 unspecified atom stereocenters. The van der Waals surface area contributed by atoms with E-state index in [0.717, 1.165) is 5.69 Å². The molecule has 0 atom stereocenters. The number of nitrogens with zero attached hydrogens (tertiary/aromatic N) is 3. The number of nitrogen functional groups attached to an aromatic ring is 1. The van der Waals surface area contributed by atoms with Crippen LogP contribution in [0, 0.1) is 0 Å². The molecule has 0 spiro atoms. The van der Waals surface area contributed by atoms with Gasteiger partial charge in [-0.2, -0.15) is 5.10 Å². The van der Waals surface area contributed by atoms with Crippen molar-refractivity contribution in [3.63, 3.8) is 0 Å². The van der Waals surface area contributed by atoms with Crippen molar-refractivity contribution in [2.45, 2.75) is 13.5 Å². The summed E-state index contributed by atoms with van der Waals surface area (Å²) in [4.78, 5) is 13.8. The number of anilines is 3. The number of hydrogen-bond acceptors (Lipinski definition) is 4. The molecule has 1 aromatic heterocycles. The van der Waals surface area contributed by atoms with Gasteiger partial charge in [0.05, 0.1) is 23.3 Å². The quantitative estimate of drug-likeness (QED) is 0.835. The minimum absolute atomic E-state index is 0.0960. The van der Waals surface area contributed by atoms with Crippen LogP contribution >= 0.6 is 0 Å². The second kappa shape index (κ2) is 5.64. The molecule has 0 fully saturated rings. The molecular weight excluding hydrogens is 254 g/mol. The highest BCUT2D eigenvalue weighted by molar-refractivity contribution is 5.98. The molecule has 0 radical (unpaired) electrons. The molecule has 3 N–H and O–H groups in total. The van der Waals surface area contributed by atoms with Crippen molar-refractivity contribution in [2.24, 2.45) is 0 Å². The van der Waals surface area contributed by atoms with E-state index in [1.165, 1.54) is 4.90 Å². The van der Waals surface area contributed by atoms with Crippen LogP contribution in [0.3, 0.4) is 0 Å². The summed E-state index contributed by atoms with van der Waals surface area (Å²) < 4.78 is 1.67. The van der Waals surface area contributed by atoms with E-state index in [-0.39, 0.29) is 5.91 Å². The van der Waals surface area contributed by atoms with E-state index in [0.29, 0.717) is 23.6 Å². The fraction of sp³-hybridized carbons (Fsp3) is 0.286. The molecule has 0 aliphatic carbocycles. The molecule has 0 aliphatic heterocycles. The van der Waals surface area contributed by atoms with Crippen LogP contribution in [0.25, 0.3) is 0 Å². The second-order valence-corrected chi connectivity index (χ2v) is 4.63. The molecule has 0 aliphatic rings. The largest absolute Gasteiger partial charge is 0.397 e. The van der Waals surface area contributed by atoms with Crippen LogP contribution < -0.4 is 11.1 Å². The summed E-state index contributed by atoms with van der Waals surface area (Å²) in [5, 5.41) is 7.41. The van der Waals surface area contributed by atoms with Gasteiger partial charge in [0.1, 0.15) is 5.69 Å². The van der Waals surface area contributed by atoms with Gasteiger partial charge in [0.15, 0.2) is 0 Å². The van der Waals surface area contributed by atoms with Crippen LogP contribution in [0.2, 0.25) is 0 Å². The highest BCUT2D eigenvalue weighted by atomic mass is 16.2. The number of rotatable bonds is 4. The van der Waals surface area contributed by atoms with Crippen molar-refractivity contribution in [2.75, 3.05) is 25.1 Å². The number of amides is 1. The number of carbonyl (C=O) groups excluding carboxylic acids is 1. The first-order valence-electron chi connectivity index (χ1n) is 6.43. The monoisotopic (exact) mass is 273 g/mol. The molecule has 1 aromatic carbocycles. The number of nitrogens with one attached hydrogen (secondary N) is 1. The number of para-hydroxylation sites is 2. The second-order valence-electron chi connectivity index (χ2n) is 4.63. The van der Waals surface area contributed by atoms with Gasteiger partial charge in [-0.3, -0.25) is 9.48 Å². The average Bonchev–Trinajstić information content (AvgIpc) is 2.83. The summed E-state index contributed by atoms with van der Waals surface area (Å²) in [5.41, 5.74) is 8.48. The molecule has 1 heterocycles. The summed E-state index contributed by atoms with van der Waals surface area (Å²) in [6.45, 7) is 2.57. The smallest absolute Gasteiger partial charge is 0.273 e. The van der Waals surface area contributed by atoms with Gasteiger partial charge in [-0.15, -0.1) is 0 Å². The Kier molecular flexibility index (Phi) is 3.93. The van der Waals surface area contributed by atoms with Crippen LogP contribution in [0.15, 0.2) is 30.5 Å². The van der Waals surface area contributed by atoms with E-state index in [4.69, 9.17) is 5.73 Å².